The average molecular weight is 470 g/mol. The van der Waals surface area contributed by atoms with Gasteiger partial charge < -0.3 is 15.0 Å². The molecule has 2 aliphatic heterocycles. The van der Waals surface area contributed by atoms with Gasteiger partial charge in [0, 0.05) is 36.6 Å². The lowest BCUT2D eigenvalue weighted by Crippen LogP contribution is -2.50. The Labute approximate surface area is 203 Å². The summed E-state index contributed by atoms with van der Waals surface area (Å²) in [4.78, 5) is 18.5. The molecule has 0 bridgehead atoms. The van der Waals surface area contributed by atoms with Gasteiger partial charge in [0.25, 0.3) is 0 Å². The molecule has 0 saturated carbocycles. The molecular weight excluding hydrogens is 430 g/mol. The molecule has 0 unspecified atom stereocenters. The van der Waals surface area contributed by atoms with Crippen LogP contribution >= 0.6 is 11.3 Å². The van der Waals surface area contributed by atoms with E-state index in [-0.39, 0.29) is 6.03 Å². The summed E-state index contributed by atoms with van der Waals surface area (Å²) in [7, 11) is 0. The SMILES string of the molecule is CC(C)COc1ccccc1CN1CCC2(CC1)CCN(C(=O)NCCc1cccs1)CC2. The van der Waals surface area contributed by atoms with Crippen LogP contribution < -0.4 is 10.1 Å². The van der Waals surface area contributed by atoms with Crippen molar-refractivity contribution in [3.8, 4) is 5.75 Å². The minimum Gasteiger partial charge on any atom is -0.493 e. The standard InChI is InChI=1S/C27H39N3O2S/c1-22(2)21-32-25-8-4-3-6-23(25)20-29-15-10-27(11-16-29)12-17-30(18-13-27)26(31)28-14-9-24-7-5-19-33-24/h3-8,19,22H,9-18,20-21H2,1-2H3,(H,28,31). The summed E-state index contributed by atoms with van der Waals surface area (Å²) in [5, 5.41) is 5.20. The van der Waals surface area contributed by atoms with Gasteiger partial charge in [0.1, 0.15) is 5.75 Å². The molecule has 3 heterocycles. The second-order valence-corrected chi connectivity index (χ2v) is 11.2. The van der Waals surface area contributed by atoms with Crippen LogP contribution in [0.1, 0.15) is 50.0 Å². The van der Waals surface area contributed by atoms with Crippen LogP contribution in [-0.2, 0) is 13.0 Å². The van der Waals surface area contributed by atoms with Crippen LogP contribution in [0.5, 0.6) is 5.75 Å². The van der Waals surface area contributed by atoms with Gasteiger partial charge in [0.2, 0.25) is 0 Å². The number of amides is 2. The lowest BCUT2D eigenvalue weighted by molar-refractivity contribution is 0.0421. The Kier molecular flexibility index (Phi) is 8.31. The summed E-state index contributed by atoms with van der Waals surface area (Å²) in [5.74, 6) is 1.56. The first-order valence-electron chi connectivity index (χ1n) is 12.5. The molecule has 1 N–H and O–H groups in total. The summed E-state index contributed by atoms with van der Waals surface area (Å²) in [6.45, 7) is 10.9. The predicted molar refractivity (Wildman–Crippen MR) is 136 cm³/mol. The fourth-order valence-corrected chi connectivity index (χ4v) is 5.71. The van der Waals surface area contributed by atoms with E-state index in [1.165, 1.54) is 23.3 Å². The summed E-state index contributed by atoms with van der Waals surface area (Å²) in [6.07, 6.45) is 5.65. The van der Waals surface area contributed by atoms with E-state index in [9.17, 15) is 4.79 Å². The predicted octanol–water partition coefficient (Wildman–Crippen LogP) is 5.41. The van der Waals surface area contributed by atoms with Gasteiger partial charge in [-0.2, -0.15) is 0 Å². The van der Waals surface area contributed by atoms with E-state index >= 15 is 0 Å². The monoisotopic (exact) mass is 469 g/mol. The van der Waals surface area contributed by atoms with Crippen molar-refractivity contribution in [2.75, 3.05) is 39.3 Å². The molecule has 2 aliphatic rings. The summed E-state index contributed by atoms with van der Waals surface area (Å²) in [6, 6.07) is 12.8. The van der Waals surface area contributed by atoms with E-state index < -0.39 is 0 Å². The number of nitrogens with zero attached hydrogens (tertiary/aromatic N) is 2. The zero-order chi connectivity index (χ0) is 23.1. The van der Waals surface area contributed by atoms with Gasteiger partial charge in [0.05, 0.1) is 6.61 Å². The zero-order valence-electron chi connectivity index (χ0n) is 20.2. The maximum Gasteiger partial charge on any atom is 0.317 e. The van der Waals surface area contributed by atoms with Crippen LogP contribution in [0.3, 0.4) is 0 Å². The zero-order valence-corrected chi connectivity index (χ0v) is 21.0. The molecule has 1 spiro atoms. The molecule has 5 nitrogen and oxygen atoms in total. The first-order valence-corrected chi connectivity index (χ1v) is 13.4. The van der Waals surface area contributed by atoms with Gasteiger partial charge in [-0.1, -0.05) is 38.1 Å². The molecule has 2 aromatic rings. The third-order valence-corrected chi connectivity index (χ3v) is 8.13. The van der Waals surface area contributed by atoms with Crippen LogP contribution in [0.2, 0.25) is 0 Å². The van der Waals surface area contributed by atoms with E-state index in [1.807, 2.05) is 4.90 Å². The molecule has 6 heteroatoms. The van der Waals surface area contributed by atoms with Crippen molar-refractivity contribution in [3.63, 3.8) is 0 Å². The minimum atomic E-state index is 0.108. The van der Waals surface area contributed by atoms with Crippen molar-refractivity contribution >= 4 is 17.4 Å². The van der Waals surface area contributed by atoms with Crippen LogP contribution in [0, 0.1) is 11.3 Å². The highest BCUT2D eigenvalue weighted by Gasteiger charge is 2.38. The molecule has 2 amide bonds. The number of nitrogens with one attached hydrogen (secondary N) is 1. The number of thiophene rings is 1. The molecule has 1 aromatic heterocycles. The van der Waals surface area contributed by atoms with Gasteiger partial charge >= 0.3 is 6.03 Å². The van der Waals surface area contributed by atoms with Crippen LogP contribution in [0.15, 0.2) is 41.8 Å². The first-order chi connectivity index (χ1) is 16.0. The molecule has 0 radical (unpaired) electrons. The fourth-order valence-electron chi connectivity index (χ4n) is 5.00. The van der Waals surface area contributed by atoms with Crippen LogP contribution in [0.25, 0.3) is 0 Å². The van der Waals surface area contributed by atoms with Gasteiger partial charge in [-0.05, 0) is 74.0 Å². The molecule has 4 rings (SSSR count). The van der Waals surface area contributed by atoms with Gasteiger partial charge in [-0.25, -0.2) is 4.79 Å². The van der Waals surface area contributed by atoms with Crippen molar-refractivity contribution in [1.82, 2.24) is 15.1 Å². The molecule has 33 heavy (non-hydrogen) atoms. The Morgan fingerprint density at radius 1 is 1.06 bits per heavy atom. The van der Waals surface area contributed by atoms with Gasteiger partial charge in [-0.3, -0.25) is 4.90 Å². The van der Waals surface area contributed by atoms with Crippen LogP contribution in [-0.4, -0.2) is 55.2 Å². The quantitative estimate of drug-likeness (QED) is 0.562. The molecular formula is C27H39N3O2S. The van der Waals surface area contributed by atoms with E-state index in [4.69, 9.17) is 4.74 Å². The number of hydrogen-bond donors (Lipinski definition) is 1. The third-order valence-electron chi connectivity index (χ3n) is 7.19. The fraction of sp³-hybridized carbons (Fsp3) is 0.593. The molecule has 0 atom stereocenters. The lowest BCUT2D eigenvalue weighted by atomic mass is 9.71. The number of carbonyl (C=O) groups is 1. The van der Waals surface area contributed by atoms with E-state index in [1.54, 1.807) is 11.3 Å². The number of para-hydroxylation sites is 1. The number of likely N-dealkylation sites (tertiary alicyclic amines) is 2. The Balaban J connectivity index is 1.20. The van der Waals surface area contributed by atoms with E-state index in [0.717, 1.165) is 70.9 Å². The van der Waals surface area contributed by atoms with Crippen LogP contribution in [0.4, 0.5) is 4.79 Å². The highest BCUT2D eigenvalue weighted by atomic mass is 32.1. The molecule has 2 saturated heterocycles. The molecule has 2 fully saturated rings. The van der Waals surface area contributed by atoms with Crippen molar-refractivity contribution in [2.45, 2.75) is 52.5 Å². The topological polar surface area (TPSA) is 44.8 Å². The lowest BCUT2D eigenvalue weighted by Gasteiger charge is -2.47. The maximum atomic E-state index is 12.6. The summed E-state index contributed by atoms with van der Waals surface area (Å²) >= 11 is 1.75. The summed E-state index contributed by atoms with van der Waals surface area (Å²) in [5.41, 5.74) is 1.71. The number of piperidine rings is 2. The Morgan fingerprint density at radius 3 is 2.48 bits per heavy atom. The first kappa shape index (κ1) is 24.1. The molecule has 0 aliphatic carbocycles. The number of carbonyl (C=O) groups excluding carboxylic acids is 1. The number of hydrogen-bond acceptors (Lipinski definition) is 4. The molecule has 1 aromatic carbocycles. The van der Waals surface area contributed by atoms with E-state index in [2.05, 4.69) is 65.8 Å². The minimum absolute atomic E-state index is 0.108. The van der Waals surface area contributed by atoms with Gasteiger partial charge in [0.15, 0.2) is 0 Å². The second kappa shape index (κ2) is 11.4. The average Bonchev–Trinajstić information content (AvgIpc) is 3.34. The summed E-state index contributed by atoms with van der Waals surface area (Å²) < 4.78 is 6.06. The Morgan fingerprint density at radius 2 is 1.79 bits per heavy atom. The largest absolute Gasteiger partial charge is 0.493 e. The number of ether oxygens (including phenoxy) is 1. The van der Waals surface area contributed by atoms with Gasteiger partial charge in [-0.15, -0.1) is 11.3 Å². The number of benzene rings is 1. The van der Waals surface area contributed by atoms with E-state index in [0.29, 0.717) is 11.3 Å². The Hall–Kier alpha value is -2.05. The molecule has 180 valence electrons. The van der Waals surface area contributed by atoms with Crippen molar-refractivity contribution < 1.29 is 9.53 Å². The van der Waals surface area contributed by atoms with Crippen molar-refractivity contribution in [2.24, 2.45) is 11.3 Å². The Bertz CT molecular complexity index is 865. The van der Waals surface area contributed by atoms with Crippen molar-refractivity contribution in [3.05, 3.63) is 52.2 Å². The maximum absolute atomic E-state index is 12.6. The highest BCUT2D eigenvalue weighted by molar-refractivity contribution is 7.09. The second-order valence-electron chi connectivity index (χ2n) is 10.1. The number of rotatable bonds is 8. The normalized spacial score (nSPS) is 18.6. The highest BCUT2D eigenvalue weighted by Crippen LogP contribution is 2.41. The number of urea groups is 1. The van der Waals surface area contributed by atoms with Crippen molar-refractivity contribution in [1.29, 1.82) is 0 Å². The third kappa shape index (κ3) is 6.73. The smallest absolute Gasteiger partial charge is 0.317 e.